The smallest absolute Gasteiger partial charge is 0.313 e. The zero-order chi connectivity index (χ0) is 10.8. The Morgan fingerprint density at radius 3 is 2.79 bits per heavy atom. The van der Waals surface area contributed by atoms with Gasteiger partial charge >= 0.3 is 5.97 Å². The number of hydrogen-bond donors (Lipinski definition) is 1. The second-order valence-corrected chi connectivity index (χ2v) is 3.82. The summed E-state index contributed by atoms with van der Waals surface area (Å²) in [5.74, 6) is -1.47. The van der Waals surface area contributed by atoms with Gasteiger partial charge in [-0.3, -0.25) is 4.79 Å². The highest BCUT2D eigenvalue weighted by Gasteiger charge is 2.48. The van der Waals surface area contributed by atoms with Gasteiger partial charge < -0.3 is 10.1 Å². The normalized spacial score (nSPS) is 33.1. The van der Waals surface area contributed by atoms with E-state index < -0.39 is 23.7 Å². The predicted octanol–water partition coefficient (Wildman–Crippen LogP) is 1.04. The Morgan fingerprint density at radius 1 is 1.64 bits per heavy atom. The van der Waals surface area contributed by atoms with Crippen molar-refractivity contribution in [1.82, 2.24) is 5.32 Å². The van der Waals surface area contributed by atoms with Crippen LogP contribution in [0.4, 0.5) is 8.78 Å². The summed E-state index contributed by atoms with van der Waals surface area (Å²) in [6, 6.07) is 0. The molecule has 82 valence electrons. The van der Waals surface area contributed by atoms with Gasteiger partial charge in [-0.05, 0) is 19.9 Å². The van der Waals surface area contributed by atoms with Gasteiger partial charge in [-0.25, -0.2) is 8.78 Å². The zero-order valence-corrected chi connectivity index (χ0v) is 8.35. The largest absolute Gasteiger partial charge is 0.469 e. The van der Waals surface area contributed by atoms with Crippen LogP contribution in [0.15, 0.2) is 0 Å². The molecule has 3 nitrogen and oxygen atoms in total. The van der Waals surface area contributed by atoms with E-state index in [1.165, 1.54) is 14.0 Å². The maximum atomic E-state index is 12.7. The number of halogens is 2. The van der Waals surface area contributed by atoms with Crippen LogP contribution in [0.3, 0.4) is 0 Å². The Bertz CT molecular complexity index is 223. The van der Waals surface area contributed by atoms with Crippen LogP contribution < -0.4 is 5.32 Å². The molecule has 0 aromatic carbocycles. The number of ether oxygens (including phenoxy) is 1. The highest BCUT2D eigenvalue weighted by Crippen LogP contribution is 2.37. The number of hydrogen-bond acceptors (Lipinski definition) is 3. The first kappa shape index (κ1) is 11.4. The van der Waals surface area contributed by atoms with E-state index in [1.807, 2.05) is 0 Å². The molecule has 5 heteroatoms. The van der Waals surface area contributed by atoms with Crippen molar-refractivity contribution in [2.24, 2.45) is 11.3 Å². The number of rotatable bonds is 2. The molecule has 1 aliphatic rings. The number of carbonyl (C=O) groups is 1. The third-order valence-corrected chi connectivity index (χ3v) is 2.90. The SMILES string of the molecule is COC(=O)[C@]1(C)CNCCC1C(F)F. The van der Waals surface area contributed by atoms with E-state index in [9.17, 15) is 13.6 Å². The second-order valence-electron chi connectivity index (χ2n) is 3.82. The summed E-state index contributed by atoms with van der Waals surface area (Å²) in [6.07, 6.45) is -2.16. The summed E-state index contributed by atoms with van der Waals surface area (Å²) < 4.78 is 29.9. The van der Waals surface area contributed by atoms with Gasteiger partial charge in [0.05, 0.1) is 12.5 Å². The molecular weight excluding hydrogens is 192 g/mol. The molecule has 1 unspecified atom stereocenters. The third kappa shape index (κ3) is 1.87. The van der Waals surface area contributed by atoms with E-state index in [2.05, 4.69) is 10.1 Å². The molecule has 0 spiro atoms. The van der Waals surface area contributed by atoms with Crippen LogP contribution in [-0.2, 0) is 9.53 Å². The van der Waals surface area contributed by atoms with Gasteiger partial charge in [-0.1, -0.05) is 0 Å². The molecule has 1 aliphatic heterocycles. The van der Waals surface area contributed by atoms with E-state index in [-0.39, 0.29) is 6.54 Å². The van der Waals surface area contributed by atoms with Crippen LogP contribution in [0.5, 0.6) is 0 Å². The first-order valence-corrected chi connectivity index (χ1v) is 4.59. The number of carbonyl (C=O) groups excluding carboxylic acids is 1. The predicted molar refractivity (Wildman–Crippen MR) is 47.1 cm³/mol. The molecule has 1 rings (SSSR count). The van der Waals surface area contributed by atoms with Gasteiger partial charge in [0.1, 0.15) is 0 Å². The Kier molecular flexibility index (Phi) is 3.42. The van der Waals surface area contributed by atoms with Gasteiger partial charge in [0.2, 0.25) is 6.43 Å². The van der Waals surface area contributed by atoms with Gasteiger partial charge in [0.15, 0.2) is 0 Å². The van der Waals surface area contributed by atoms with Gasteiger partial charge in [0, 0.05) is 12.5 Å². The molecule has 14 heavy (non-hydrogen) atoms. The molecule has 1 heterocycles. The lowest BCUT2D eigenvalue weighted by Gasteiger charge is -2.38. The lowest BCUT2D eigenvalue weighted by Crippen LogP contribution is -2.52. The molecule has 0 amide bonds. The average Bonchev–Trinajstić information content (AvgIpc) is 2.16. The summed E-state index contributed by atoms with van der Waals surface area (Å²) in [5, 5.41) is 2.94. The van der Waals surface area contributed by atoms with Crippen LogP contribution in [-0.4, -0.2) is 32.6 Å². The van der Waals surface area contributed by atoms with Crippen molar-refractivity contribution in [2.45, 2.75) is 19.8 Å². The van der Waals surface area contributed by atoms with Crippen molar-refractivity contribution in [3.63, 3.8) is 0 Å². The van der Waals surface area contributed by atoms with E-state index in [0.29, 0.717) is 13.0 Å². The van der Waals surface area contributed by atoms with Crippen LogP contribution in [0.25, 0.3) is 0 Å². The maximum absolute atomic E-state index is 12.7. The fourth-order valence-electron chi connectivity index (χ4n) is 1.92. The number of piperidine rings is 1. The van der Waals surface area contributed by atoms with Crippen molar-refractivity contribution in [3.05, 3.63) is 0 Å². The lowest BCUT2D eigenvalue weighted by atomic mass is 9.73. The molecule has 1 N–H and O–H groups in total. The summed E-state index contributed by atoms with van der Waals surface area (Å²) in [7, 11) is 1.23. The minimum Gasteiger partial charge on any atom is -0.469 e. The molecule has 0 aromatic heterocycles. The summed E-state index contributed by atoms with van der Waals surface area (Å²) in [6.45, 7) is 2.32. The Labute approximate surface area is 81.8 Å². The number of nitrogens with one attached hydrogen (secondary N) is 1. The molecule has 0 saturated carbocycles. The molecule has 2 atom stereocenters. The van der Waals surface area contributed by atoms with Crippen molar-refractivity contribution in [2.75, 3.05) is 20.2 Å². The van der Waals surface area contributed by atoms with Gasteiger partial charge in [-0.2, -0.15) is 0 Å². The van der Waals surface area contributed by atoms with Crippen molar-refractivity contribution < 1.29 is 18.3 Å². The van der Waals surface area contributed by atoms with E-state index >= 15 is 0 Å². The summed E-state index contributed by atoms with van der Waals surface area (Å²) >= 11 is 0. The molecule has 0 radical (unpaired) electrons. The average molecular weight is 207 g/mol. The minimum atomic E-state index is -2.47. The molecule has 1 fully saturated rings. The Hall–Kier alpha value is -0.710. The zero-order valence-electron chi connectivity index (χ0n) is 8.35. The number of esters is 1. The monoisotopic (exact) mass is 207 g/mol. The van der Waals surface area contributed by atoms with Gasteiger partial charge in [0.25, 0.3) is 0 Å². The van der Waals surface area contributed by atoms with Gasteiger partial charge in [-0.15, -0.1) is 0 Å². The first-order valence-electron chi connectivity index (χ1n) is 4.59. The standard InChI is InChI=1S/C9H15F2NO2/c1-9(8(13)14-2)5-12-4-3-6(9)7(10)11/h6-7,12H,3-5H2,1-2H3/t6?,9-/m1/s1. The molecular formula is C9H15F2NO2. The van der Waals surface area contributed by atoms with E-state index in [0.717, 1.165) is 0 Å². The van der Waals surface area contributed by atoms with E-state index in [1.54, 1.807) is 0 Å². The fraction of sp³-hybridized carbons (Fsp3) is 0.889. The molecule has 1 saturated heterocycles. The summed E-state index contributed by atoms with van der Waals surface area (Å²) in [4.78, 5) is 11.4. The van der Waals surface area contributed by atoms with Crippen LogP contribution in [0.2, 0.25) is 0 Å². The quantitative estimate of drug-likeness (QED) is 0.687. The molecule has 0 bridgehead atoms. The molecule has 0 aromatic rings. The van der Waals surface area contributed by atoms with Crippen molar-refractivity contribution >= 4 is 5.97 Å². The Balaban J connectivity index is 2.84. The third-order valence-electron chi connectivity index (χ3n) is 2.90. The van der Waals surface area contributed by atoms with Crippen molar-refractivity contribution in [3.8, 4) is 0 Å². The fourth-order valence-corrected chi connectivity index (χ4v) is 1.92. The highest BCUT2D eigenvalue weighted by atomic mass is 19.3. The van der Waals surface area contributed by atoms with E-state index in [4.69, 9.17) is 0 Å². The topological polar surface area (TPSA) is 38.3 Å². The number of alkyl halides is 2. The van der Waals surface area contributed by atoms with Crippen LogP contribution >= 0.6 is 0 Å². The summed E-state index contributed by atoms with van der Waals surface area (Å²) in [5.41, 5.74) is -1.10. The second kappa shape index (κ2) is 4.21. The highest BCUT2D eigenvalue weighted by molar-refractivity contribution is 5.77. The maximum Gasteiger partial charge on any atom is 0.313 e. The van der Waals surface area contributed by atoms with Crippen LogP contribution in [0, 0.1) is 11.3 Å². The van der Waals surface area contributed by atoms with Crippen molar-refractivity contribution in [1.29, 1.82) is 0 Å². The lowest BCUT2D eigenvalue weighted by molar-refractivity contribution is -0.161. The minimum absolute atomic E-state index is 0.259. The number of methoxy groups -OCH3 is 1. The Morgan fingerprint density at radius 2 is 2.29 bits per heavy atom. The van der Waals surface area contributed by atoms with Crippen LogP contribution in [0.1, 0.15) is 13.3 Å². The first-order chi connectivity index (χ1) is 6.52. The molecule has 0 aliphatic carbocycles.